The summed E-state index contributed by atoms with van der Waals surface area (Å²) in [5.41, 5.74) is -0.745. The lowest BCUT2D eigenvalue weighted by Gasteiger charge is -2.38. The van der Waals surface area contributed by atoms with Crippen LogP contribution in [0, 0.1) is 23.2 Å². The number of alkyl halides is 3. The maximum atomic E-state index is 14.0. The molecule has 1 unspecified atom stereocenters. The molecular formula is C34H42F3N7O6. The number of amides is 2. The number of carbonyl (C=O) groups is 3. The van der Waals surface area contributed by atoms with E-state index in [1.165, 1.54) is 4.52 Å². The lowest BCUT2D eigenvalue weighted by atomic mass is 9.72. The zero-order chi connectivity index (χ0) is 35.5. The van der Waals surface area contributed by atoms with Gasteiger partial charge in [-0.05, 0) is 36.7 Å². The molecule has 0 spiro atoms. The molecule has 2 amide bonds. The summed E-state index contributed by atoms with van der Waals surface area (Å²) >= 11 is 0. The van der Waals surface area contributed by atoms with Crippen LogP contribution in [0.15, 0.2) is 36.5 Å². The van der Waals surface area contributed by atoms with Crippen molar-refractivity contribution in [3.63, 3.8) is 0 Å². The Kier molecular flexibility index (Phi) is 10.5. The first kappa shape index (κ1) is 35.4. The Morgan fingerprint density at radius 3 is 2.52 bits per heavy atom. The molecule has 13 nitrogen and oxygen atoms in total. The second kappa shape index (κ2) is 14.8. The average Bonchev–Trinajstić information content (AvgIpc) is 3.53. The maximum Gasteiger partial charge on any atom is 0.408 e. The van der Waals surface area contributed by atoms with Crippen LogP contribution >= 0.6 is 0 Å². The largest absolute Gasteiger partial charge is 0.468 e. The highest BCUT2D eigenvalue weighted by atomic mass is 19.4. The summed E-state index contributed by atoms with van der Waals surface area (Å²) in [7, 11) is 1.04. The van der Waals surface area contributed by atoms with Gasteiger partial charge in [0, 0.05) is 26.1 Å². The number of hydrogen-bond acceptors (Lipinski definition) is 10. The van der Waals surface area contributed by atoms with Crippen molar-refractivity contribution in [2.24, 2.45) is 23.2 Å². The first-order valence-electron chi connectivity index (χ1n) is 17.0. The van der Waals surface area contributed by atoms with Crippen molar-refractivity contribution in [1.82, 2.24) is 30.2 Å². The summed E-state index contributed by atoms with van der Waals surface area (Å²) in [6.07, 6.45) is -1.27. The standard InChI is InChI=1S/C34H42F3N7O6/c1-21-8-10-23(11-9-21)27(40-32(47)50-20-22-6-4-3-5-7-22)26-19-44-31(39-26)41-28(43-12-14-49-15-13-43)25(42-44)17-33(30(46)48-2)16-24(34(35,36)37)18-38-29(33)45/h3-7,19,21,23-24,27H,8-18,20H2,1-2H3,(H,38,45)(H,40,47)/t21?,23?,24-,27+,33?/m1/s1. The highest BCUT2D eigenvalue weighted by molar-refractivity contribution is 6.03. The molecule has 3 aliphatic rings. The molecular weight excluding hydrogens is 659 g/mol. The summed E-state index contributed by atoms with van der Waals surface area (Å²) in [6.45, 7) is 3.16. The number of piperidine rings is 1. The topological polar surface area (TPSA) is 149 Å². The number of esters is 1. The number of anilines is 1. The minimum Gasteiger partial charge on any atom is -0.468 e. The van der Waals surface area contributed by atoms with Gasteiger partial charge in [0.15, 0.2) is 11.2 Å². The van der Waals surface area contributed by atoms with Crippen molar-refractivity contribution in [3.05, 3.63) is 53.5 Å². The maximum absolute atomic E-state index is 14.0. The Morgan fingerprint density at radius 2 is 1.84 bits per heavy atom. The van der Waals surface area contributed by atoms with E-state index in [1.54, 1.807) is 6.20 Å². The highest BCUT2D eigenvalue weighted by Gasteiger charge is 2.57. The van der Waals surface area contributed by atoms with Crippen LogP contribution in [-0.2, 0) is 36.8 Å². The molecule has 1 aliphatic carbocycles. The normalized spacial score (nSPS) is 25.1. The number of ether oxygens (including phenoxy) is 3. The second-order valence-electron chi connectivity index (χ2n) is 13.5. The summed E-state index contributed by atoms with van der Waals surface area (Å²) in [6, 6.07) is 8.79. The fraction of sp³-hybridized carbons (Fsp3) is 0.588. The molecule has 6 rings (SSSR count). The second-order valence-corrected chi connectivity index (χ2v) is 13.5. The monoisotopic (exact) mass is 701 g/mol. The van der Waals surface area contributed by atoms with E-state index in [4.69, 9.17) is 29.3 Å². The number of hydrogen-bond donors (Lipinski definition) is 2. The zero-order valence-corrected chi connectivity index (χ0v) is 28.1. The van der Waals surface area contributed by atoms with Crippen LogP contribution in [0.5, 0.6) is 0 Å². The van der Waals surface area contributed by atoms with Gasteiger partial charge in [-0.1, -0.05) is 50.1 Å². The van der Waals surface area contributed by atoms with Gasteiger partial charge in [-0.3, -0.25) is 9.59 Å². The first-order chi connectivity index (χ1) is 24.0. The summed E-state index contributed by atoms with van der Waals surface area (Å²) in [5.74, 6) is -2.85. The third kappa shape index (κ3) is 7.64. The molecule has 3 fully saturated rings. The molecule has 4 heterocycles. The number of alkyl carbamates (subject to hydrolysis) is 1. The van der Waals surface area contributed by atoms with Crippen LogP contribution in [0.3, 0.4) is 0 Å². The van der Waals surface area contributed by atoms with Crippen molar-refractivity contribution in [2.45, 2.75) is 64.3 Å². The Bertz CT molecular complexity index is 1660. The van der Waals surface area contributed by atoms with Gasteiger partial charge < -0.3 is 29.7 Å². The minimum absolute atomic E-state index is 0.0476. The highest BCUT2D eigenvalue weighted by Crippen LogP contribution is 2.43. The van der Waals surface area contributed by atoms with Gasteiger partial charge in [-0.2, -0.15) is 23.3 Å². The SMILES string of the molecule is COC(=O)C1(Cc2nn3cc([C@@H](NC(=O)OCc4ccccc4)C4CCC(C)CC4)nc3nc2N2CCOCC2)C[C@@H](C(F)(F)F)CNC1=O. The fourth-order valence-electron chi connectivity index (χ4n) is 7.18. The summed E-state index contributed by atoms with van der Waals surface area (Å²) in [5, 5.41) is 10.0. The molecule has 0 radical (unpaired) electrons. The van der Waals surface area contributed by atoms with Crippen LogP contribution in [0.2, 0.25) is 0 Å². The molecule has 0 bridgehead atoms. The third-order valence-corrected chi connectivity index (χ3v) is 10.1. The van der Waals surface area contributed by atoms with E-state index in [2.05, 4.69) is 17.6 Å². The molecule has 50 heavy (non-hydrogen) atoms. The van der Waals surface area contributed by atoms with Crippen LogP contribution in [-0.4, -0.2) is 83.7 Å². The molecule has 2 N–H and O–H groups in total. The van der Waals surface area contributed by atoms with Crippen molar-refractivity contribution in [2.75, 3.05) is 44.9 Å². The Hall–Kier alpha value is -4.47. The van der Waals surface area contributed by atoms with E-state index in [1.807, 2.05) is 35.2 Å². The van der Waals surface area contributed by atoms with Gasteiger partial charge in [-0.25, -0.2) is 14.3 Å². The van der Waals surface area contributed by atoms with Gasteiger partial charge in [0.05, 0.1) is 44.2 Å². The van der Waals surface area contributed by atoms with Gasteiger partial charge in [0.1, 0.15) is 12.3 Å². The minimum atomic E-state index is -4.66. The number of nitrogens with zero attached hydrogens (tertiary/aromatic N) is 5. The zero-order valence-electron chi connectivity index (χ0n) is 28.1. The van der Waals surface area contributed by atoms with Gasteiger partial charge in [0.25, 0.3) is 5.78 Å². The predicted octanol–water partition coefficient (Wildman–Crippen LogP) is 4.16. The van der Waals surface area contributed by atoms with E-state index >= 15 is 0 Å². The molecule has 3 atom stereocenters. The molecule has 2 aromatic heterocycles. The number of fused-ring (bicyclic) bond motifs is 1. The number of halogens is 3. The number of methoxy groups -OCH3 is 1. The Balaban J connectivity index is 1.37. The van der Waals surface area contributed by atoms with Crippen molar-refractivity contribution in [1.29, 1.82) is 0 Å². The van der Waals surface area contributed by atoms with Crippen LogP contribution in [0.1, 0.15) is 62.0 Å². The summed E-state index contributed by atoms with van der Waals surface area (Å²) < 4.78 is 59.3. The quantitative estimate of drug-likeness (QED) is 0.246. The molecule has 2 saturated heterocycles. The van der Waals surface area contributed by atoms with Crippen molar-refractivity contribution >= 4 is 29.6 Å². The summed E-state index contributed by atoms with van der Waals surface area (Å²) in [4.78, 5) is 51.2. The van der Waals surface area contributed by atoms with E-state index in [0.717, 1.165) is 38.4 Å². The van der Waals surface area contributed by atoms with E-state index < -0.39 is 60.9 Å². The van der Waals surface area contributed by atoms with Crippen molar-refractivity contribution < 1.29 is 41.8 Å². The third-order valence-electron chi connectivity index (χ3n) is 10.1. The van der Waals surface area contributed by atoms with Gasteiger partial charge in [-0.15, -0.1) is 0 Å². The Labute approximate surface area is 287 Å². The van der Waals surface area contributed by atoms with Crippen LogP contribution in [0.25, 0.3) is 5.78 Å². The number of morpholine rings is 1. The molecule has 3 aromatic rings. The number of aromatic nitrogens is 4. The van der Waals surface area contributed by atoms with E-state index in [9.17, 15) is 27.6 Å². The molecule has 1 aromatic carbocycles. The van der Waals surface area contributed by atoms with Crippen LogP contribution in [0.4, 0.5) is 23.8 Å². The fourth-order valence-corrected chi connectivity index (χ4v) is 7.18. The van der Waals surface area contributed by atoms with Crippen molar-refractivity contribution in [3.8, 4) is 0 Å². The van der Waals surface area contributed by atoms with Gasteiger partial charge >= 0.3 is 18.2 Å². The molecule has 16 heteroatoms. The Morgan fingerprint density at radius 1 is 1.12 bits per heavy atom. The molecule has 270 valence electrons. The predicted molar refractivity (Wildman–Crippen MR) is 173 cm³/mol. The molecule has 2 aliphatic heterocycles. The molecule has 1 saturated carbocycles. The van der Waals surface area contributed by atoms with E-state index in [0.29, 0.717) is 37.9 Å². The van der Waals surface area contributed by atoms with E-state index in [-0.39, 0.29) is 29.8 Å². The number of benzene rings is 1. The van der Waals surface area contributed by atoms with Gasteiger partial charge in [0.2, 0.25) is 5.91 Å². The number of imidazole rings is 1. The lowest BCUT2D eigenvalue weighted by Crippen LogP contribution is -2.58. The number of nitrogens with one attached hydrogen (secondary N) is 2. The number of rotatable bonds is 9. The van der Waals surface area contributed by atoms with Crippen LogP contribution < -0.4 is 15.5 Å². The number of carbonyl (C=O) groups excluding carboxylic acids is 3. The average molecular weight is 702 g/mol. The smallest absolute Gasteiger partial charge is 0.408 e. The first-order valence-corrected chi connectivity index (χ1v) is 17.0. The lowest BCUT2D eigenvalue weighted by molar-refractivity contribution is -0.195.